The number of carbonyl (C=O) groups is 1. The van der Waals surface area contributed by atoms with Gasteiger partial charge < -0.3 is 15.6 Å². The molecule has 0 bridgehead atoms. The van der Waals surface area contributed by atoms with Crippen LogP contribution >= 0.6 is 0 Å². The fourth-order valence-corrected chi connectivity index (χ4v) is 5.94. The lowest BCUT2D eigenvalue weighted by atomic mass is 9.83. The van der Waals surface area contributed by atoms with Gasteiger partial charge in [0, 0.05) is 12.1 Å². The predicted octanol–water partition coefficient (Wildman–Crippen LogP) is 5.72. The first-order chi connectivity index (χ1) is 18.7. The Labute approximate surface area is 230 Å². The lowest BCUT2D eigenvalue weighted by Gasteiger charge is -2.37. The van der Waals surface area contributed by atoms with Crippen molar-refractivity contribution in [1.82, 2.24) is 4.98 Å². The van der Waals surface area contributed by atoms with Gasteiger partial charge in [0.25, 0.3) is 10.0 Å². The maximum absolute atomic E-state index is 13.0. The smallest absolute Gasteiger partial charge is 0.337 e. The monoisotopic (exact) mass is 549 g/mol. The first-order valence-corrected chi connectivity index (χ1v) is 14.7. The van der Waals surface area contributed by atoms with Crippen molar-refractivity contribution in [2.75, 3.05) is 10.5 Å². The van der Waals surface area contributed by atoms with E-state index in [1.54, 1.807) is 18.2 Å². The number of nitrogen functional groups attached to an aromatic ring is 1. The van der Waals surface area contributed by atoms with E-state index in [4.69, 9.17) is 10.5 Å². The van der Waals surface area contributed by atoms with E-state index in [0.717, 1.165) is 18.4 Å². The van der Waals surface area contributed by atoms with Crippen LogP contribution in [0.15, 0.2) is 89.3 Å². The Morgan fingerprint density at radius 3 is 2.46 bits per heavy atom. The average molecular weight is 550 g/mol. The molecule has 4 N–H and O–H groups in total. The van der Waals surface area contributed by atoms with E-state index in [9.17, 15) is 18.3 Å². The first-order valence-electron chi connectivity index (χ1n) is 13.2. The highest BCUT2D eigenvalue weighted by Crippen LogP contribution is 2.38. The van der Waals surface area contributed by atoms with Gasteiger partial charge in [-0.25, -0.2) is 9.78 Å². The van der Waals surface area contributed by atoms with E-state index in [2.05, 4.69) is 28.8 Å². The summed E-state index contributed by atoms with van der Waals surface area (Å²) in [6, 6.07) is 20.0. The van der Waals surface area contributed by atoms with Crippen molar-refractivity contribution in [3.63, 3.8) is 0 Å². The number of aliphatic hydroxyl groups excluding tert-OH is 1. The number of hydrogen-bond donors (Lipinski definition) is 3. The number of nitrogens with two attached hydrogens (primary N) is 1. The number of aliphatic hydroxyl groups is 1. The number of esters is 1. The Morgan fingerprint density at radius 1 is 1.00 bits per heavy atom. The van der Waals surface area contributed by atoms with Crippen molar-refractivity contribution in [3.05, 3.63) is 95.4 Å². The summed E-state index contributed by atoms with van der Waals surface area (Å²) in [4.78, 5) is 16.9. The van der Waals surface area contributed by atoms with E-state index in [1.165, 1.54) is 23.9 Å². The number of nitrogens with zero attached hydrogens (tertiary/aromatic N) is 1. The van der Waals surface area contributed by atoms with Crippen molar-refractivity contribution < 1.29 is 23.1 Å². The molecule has 1 unspecified atom stereocenters. The molecule has 1 atom stereocenters. The molecule has 1 aliphatic rings. The number of ether oxygens (including phenoxy) is 1. The molecule has 206 valence electrons. The summed E-state index contributed by atoms with van der Waals surface area (Å²) in [5.41, 5.74) is 8.09. The molecule has 0 radical (unpaired) electrons. The molecule has 8 nitrogen and oxygen atoms in total. The fourth-order valence-electron chi connectivity index (χ4n) is 4.96. The highest BCUT2D eigenvalue weighted by atomic mass is 32.2. The van der Waals surface area contributed by atoms with Crippen LogP contribution in [0.4, 0.5) is 11.4 Å². The molecule has 0 amide bonds. The SMILES string of the molecule is CCCC1(CCc2ccccc2)CC(O)=C(CCCc2cccc(NS(=O)(=O)c3ccc(N)cn3)c2)C(=O)O1. The van der Waals surface area contributed by atoms with Crippen LogP contribution in [0.3, 0.4) is 0 Å². The van der Waals surface area contributed by atoms with Crippen LogP contribution in [0.5, 0.6) is 0 Å². The van der Waals surface area contributed by atoms with Gasteiger partial charge in [-0.2, -0.15) is 8.42 Å². The number of aryl methyl sites for hydroxylation is 2. The maximum atomic E-state index is 13.0. The Bertz CT molecular complexity index is 1420. The number of hydrogen-bond acceptors (Lipinski definition) is 7. The zero-order valence-electron chi connectivity index (χ0n) is 22.1. The standard InChI is InChI=1S/C30H35N3O5S/c1-2-17-30(18-16-22-8-4-3-5-9-22)20-27(34)26(29(35)38-30)13-7-11-23-10-6-12-25(19-23)33-39(36,37)28-15-14-24(31)21-32-28/h3-6,8-10,12,14-15,19,21,33-34H,2,7,11,13,16-18,20,31H2,1H3. The summed E-state index contributed by atoms with van der Waals surface area (Å²) in [7, 11) is -3.86. The molecule has 2 aromatic carbocycles. The molecular weight excluding hydrogens is 514 g/mol. The molecule has 1 aliphatic heterocycles. The molecule has 1 aromatic heterocycles. The molecule has 0 spiro atoms. The van der Waals surface area contributed by atoms with Crippen molar-refractivity contribution in [2.24, 2.45) is 0 Å². The average Bonchev–Trinajstić information content (AvgIpc) is 2.90. The second-order valence-corrected chi connectivity index (χ2v) is 11.6. The summed E-state index contributed by atoms with van der Waals surface area (Å²) < 4.78 is 33.8. The van der Waals surface area contributed by atoms with Crippen molar-refractivity contribution >= 4 is 27.4 Å². The van der Waals surface area contributed by atoms with Gasteiger partial charge in [-0.05, 0) is 73.9 Å². The van der Waals surface area contributed by atoms with Gasteiger partial charge in [-0.1, -0.05) is 55.8 Å². The molecule has 0 saturated heterocycles. The summed E-state index contributed by atoms with van der Waals surface area (Å²) >= 11 is 0. The number of carbonyl (C=O) groups excluding carboxylic acids is 1. The quantitative estimate of drug-likeness (QED) is 0.246. The third-order valence-corrected chi connectivity index (χ3v) is 8.21. The summed E-state index contributed by atoms with van der Waals surface area (Å²) in [6.07, 6.45) is 6.14. The Hall–Kier alpha value is -3.85. The third-order valence-electron chi connectivity index (χ3n) is 6.92. The van der Waals surface area contributed by atoms with Crippen molar-refractivity contribution in [3.8, 4) is 0 Å². The Kier molecular flexibility index (Phi) is 8.91. The highest BCUT2D eigenvalue weighted by molar-refractivity contribution is 7.92. The molecule has 0 aliphatic carbocycles. The second-order valence-electron chi connectivity index (χ2n) is 10.00. The molecule has 0 fully saturated rings. The zero-order chi connectivity index (χ0) is 27.9. The van der Waals surface area contributed by atoms with Gasteiger partial charge in [0.05, 0.1) is 17.5 Å². The minimum absolute atomic E-state index is 0.116. The van der Waals surface area contributed by atoms with E-state index in [1.807, 2.05) is 24.3 Å². The van der Waals surface area contributed by atoms with Crippen LogP contribution < -0.4 is 10.5 Å². The largest absolute Gasteiger partial charge is 0.512 e. The molecule has 39 heavy (non-hydrogen) atoms. The number of sulfonamides is 1. The van der Waals surface area contributed by atoms with Crippen LogP contribution in [0.2, 0.25) is 0 Å². The number of benzene rings is 2. The predicted molar refractivity (Wildman–Crippen MR) is 152 cm³/mol. The summed E-state index contributed by atoms with van der Waals surface area (Å²) in [5.74, 6) is -0.331. The normalized spacial score (nSPS) is 17.6. The lowest BCUT2D eigenvalue weighted by Crippen LogP contribution is -2.40. The Balaban J connectivity index is 1.37. The van der Waals surface area contributed by atoms with Gasteiger partial charge in [-0.3, -0.25) is 4.72 Å². The van der Waals surface area contributed by atoms with Gasteiger partial charge in [0.15, 0.2) is 5.03 Å². The molecule has 0 saturated carbocycles. The van der Waals surface area contributed by atoms with Crippen molar-refractivity contribution in [1.29, 1.82) is 0 Å². The van der Waals surface area contributed by atoms with Gasteiger partial charge in [0.1, 0.15) is 11.4 Å². The first kappa shape index (κ1) is 28.2. The Morgan fingerprint density at radius 2 is 1.77 bits per heavy atom. The number of pyridine rings is 1. The number of nitrogens with one attached hydrogen (secondary N) is 1. The van der Waals surface area contributed by atoms with Crippen LogP contribution in [0.25, 0.3) is 0 Å². The third kappa shape index (κ3) is 7.38. The van der Waals surface area contributed by atoms with Crippen LogP contribution in [-0.2, 0) is 32.4 Å². The van der Waals surface area contributed by atoms with E-state index >= 15 is 0 Å². The summed E-state index contributed by atoms with van der Waals surface area (Å²) in [6.45, 7) is 2.05. The maximum Gasteiger partial charge on any atom is 0.337 e. The lowest BCUT2D eigenvalue weighted by molar-refractivity contribution is -0.161. The minimum atomic E-state index is -3.86. The zero-order valence-corrected chi connectivity index (χ0v) is 22.9. The van der Waals surface area contributed by atoms with E-state index < -0.39 is 21.6 Å². The van der Waals surface area contributed by atoms with Crippen LogP contribution in [-0.4, -0.2) is 30.1 Å². The summed E-state index contributed by atoms with van der Waals surface area (Å²) in [5, 5.41) is 10.8. The molecule has 4 rings (SSSR count). The molecular formula is C30H35N3O5S. The number of aromatic nitrogens is 1. The van der Waals surface area contributed by atoms with Crippen LogP contribution in [0, 0.1) is 0 Å². The van der Waals surface area contributed by atoms with Gasteiger partial charge >= 0.3 is 5.97 Å². The van der Waals surface area contributed by atoms with Crippen LogP contribution in [0.1, 0.15) is 56.6 Å². The number of anilines is 2. The van der Waals surface area contributed by atoms with E-state index in [0.29, 0.717) is 55.5 Å². The fraction of sp³-hybridized carbons (Fsp3) is 0.333. The number of cyclic esters (lactones) is 1. The highest BCUT2D eigenvalue weighted by Gasteiger charge is 2.40. The van der Waals surface area contributed by atoms with Gasteiger partial charge in [-0.15, -0.1) is 0 Å². The molecule has 9 heteroatoms. The molecule has 3 aromatic rings. The number of rotatable bonds is 12. The molecule has 2 heterocycles. The minimum Gasteiger partial charge on any atom is -0.512 e. The van der Waals surface area contributed by atoms with E-state index in [-0.39, 0.29) is 10.8 Å². The van der Waals surface area contributed by atoms with Gasteiger partial charge in [0.2, 0.25) is 0 Å². The van der Waals surface area contributed by atoms with Crippen molar-refractivity contribution in [2.45, 2.75) is 68.9 Å². The topological polar surface area (TPSA) is 132 Å². The second kappa shape index (κ2) is 12.3.